The van der Waals surface area contributed by atoms with E-state index in [1.54, 1.807) is 0 Å². The van der Waals surface area contributed by atoms with Gasteiger partial charge in [-0.25, -0.2) is 0 Å². The van der Waals surface area contributed by atoms with E-state index >= 15 is 0 Å². The second-order valence-electron chi connectivity index (χ2n) is 0.568. The summed E-state index contributed by atoms with van der Waals surface area (Å²) in [5.41, 5.74) is 0. The minimum atomic E-state index is -0.731. The summed E-state index contributed by atoms with van der Waals surface area (Å²) in [5, 5.41) is 0. The molecule has 0 aromatic rings. The van der Waals surface area contributed by atoms with Gasteiger partial charge in [-0.3, -0.25) is 4.79 Å². The number of carbonyl (C=O) groups excluding carboxylic acids is 1. The Morgan fingerprint density at radius 2 is 1.86 bits per heavy atom. The number of hydrogen-bond acceptors (Lipinski definition) is 1. The van der Waals surface area contributed by atoms with Gasteiger partial charge in [0, 0.05) is 33.3 Å². The van der Waals surface area contributed by atoms with E-state index < -0.39 is 5.78 Å². The maximum absolute atomic E-state index is 9.36. The Kier molecular flexibility index (Phi) is 21.6. The predicted molar refractivity (Wildman–Crippen MR) is 18.4 cm³/mol. The molecular weight excluding hydrogens is 182 g/mol. The normalized spacial score (nSPS) is 4.71. The molecule has 0 amide bonds. The first kappa shape index (κ1) is 15.7. The molecule has 7 heavy (non-hydrogen) atoms. The Morgan fingerprint density at radius 3 is 1.86 bits per heavy atom. The van der Waals surface area contributed by atoms with Crippen molar-refractivity contribution in [3.05, 3.63) is 19.6 Å². The van der Waals surface area contributed by atoms with E-state index in [0.717, 1.165) is 6.08 Å². The van der Waals surface area contributed by atoms with Crippen LogP contribution < -0.4 is 0 Å². The molecule has 0 aliphatic rings. The van der Waals surface area contributed by atoms with Crippen LogP contribution in [-0.2, 0) is 38.1 Å². The summed E-state index contributed by atoms with van der Waals surface area (Å²) in [5.74, 6) is -0.731. The van der Waals surface area contributed by atoms with Crippen LogP contribution in [0.4, 0.5) is 0 Å². The Bertz CT molecular complexity index is 62.7. The number of allylic oxidation sites excluding steroid dienone is 1. The van der Waals surface area contributed by atoms with E-state index in [4.69, 9.17) is 6.92 Å². The molecule has 0 saturated carbocycles. The molecule has 0 unspecified atom stereocenters. The van der Waals surface area contributed by atoms with Crippen molar-refractivity contribution in [1.82, 2.24) is 0 Å². The van der Waals surface area contributed by atoms with Crippen LogP contribution in [0.3, 0.4) is 0 Å². The molecule has 0 aliphatic heterocycles. The molecule has 0 aliphatic carbocycles. The summed E-state index contributed by atoms with van der Waals surface area (Å²) in [4.78, 5) is 9.36. The average Bonchev–Trinajstić information content (AvgIpc) is 1.38. The first-order valence-electron chi connectivity index (χ1n) is 1.15. The third kappa shape index (κ3) is 21.5. The molecule has 0 aromatic carbocycles. The fraction of sp³-hybridized carbons (Fsp3) is 0. The Labute approximate surface area is 63.7 Å². The quantitative estimate of drug-likeness (QED) is 0.424. The van der Waals surface area contributed by atoms with Gasteiger partial charge in [-0.1, -0.05) is 6.58 Å². The second-order valence-corrected chi connectivity index (χ2v) is 0.568. The smallest absolute Gasteiger partial charge is 0.164 e. The fourth-order valence-electron chi connectivity index (χ4n) is 0. The van der Waals surface area contributed by atoms with Crippen molar-refractivity contribution in [3.63, 3.8) is 0 Å². The fourth-order valence-corrected chi connectivity index (χ4v) is 0. The molecule has 0 spiro atoms. The maximum atomic E-state index is 9.36. The van der Waals surface area contributed by atoms with E-state index in [0.29, 0.717) is 0 Å². The Morgan fingerprint density at radius 1 is 1.71 bits per heavy atom. The number of ketones is 1. The summed E-state index contributed by atoms with van der Waals surface area (Å²) < 4.78 is 0. The summed E-state index contributed by atoms with van der Waals surface area (Å²) in [6.45, 7) is 9.09. The van der Waals surface area contributed by atoms with Crippen LogP contribution in [0.15, 0.2) is 12.7 Å². The van der Waals surface area contributed by atoms with Crippen molar-refractivity contribution in [3.8, 4) is 0 Å². The van der Waals surface area contributed by atoms with Crippen LogP contribution in [0.25, 0.3) is 0 Å². The number of hydrogen-bond donors (Lipinski definition) is 0. The maximum Gasteiger partial charge on any atom is 0.164 e. The van der Waals surface area contributed by atoms with Crippen molar-refractivity contribution in [2.75, 3.05) is 0 Å². The average molecular weight is 185 g/mol. The molecule has 0 N–H and O–H groups in total. The monoisotopic (exact) mass is 184 g/mol. The predicted octanol–water partition coefficient (Wildman–Crippen LogP) is 0.325. The molecule has 0 aromatic heterocycles. The van der Waals surface area contributed by atoms with Gasteiger partial charge in [-0.2, -0.15) is 0 Å². The van der Waals surface area contributed by atoms with Crippen molar-refractivity contribution in [2.24, 2.45) is 0 Å². The van der Waals surface area contributed by atoms with Crippen LogP contribution in [0.2, 0.25) is 0 Å². The molecule has 4 radical (unpaired) electrons. The number of rotatable bonds is 1. The molecule has 0 heterocycles. The summed E-state index contributed by atoms with van der Waals surface area (Å²) in [6.07, 6.45) is 0.944. The van der Waals surface area contributed by atoms with Crippen LogP contribution in [0.1, 0.15) is 0 Å². The zero-order chi connectivity index (χ0) is 4.28. The van der Waals surface area contributed by atoms with Gasteiger partial charge in [0.25, 0.3) is 0 Å². The molecular formula is C4H3CoNiO. The first-order valence-corrected chi connectivity index (χ1v) is 1.15. The Hall–Kier alpha value is 0.410. The molecule has 1 nitrogen and oxygen atoms in total. The molecule has 0 saturated heterocycles. The summed E-state index contributed by atoms with van der Waals surface area (Å²) >= 11 is 0. The van der Waals surface area contributed by atoms with E-state index in [1.807, 2.05) is 0 Å². The molecule has 3 heteroatoms. The van der Waals surface area contributed by atoms with Crippen LogP contribution in [0.5, 0.6) is 0 Å². The second kappa shape index (κ2) is 9.65. The zero-order valence-electron chi connectivity index (χ0n) is 3.34. The van der Waals surface area contributed by atoms with Crippen molar-refractivity contribution in [2.45, 2.75) is 0 Å². The minimum absolute atomic E-state index is 0. The van der Waals surface area contributed by atoms with Gasteiger partial charge in [0.15, 0.2) is 5.78 Å². The number of carbonyl (C=O) groups is 1. The molecule has 0 rings (SSSR count). The van der Waals surface area contributed by atoms with Gasteiger partial charge in [0.1, 0.15) is 0 Å². The van der Waals surface area contributed by atoms with Crippen LogP contribution in [-0.4, -0.2) is 5.78 Å². The van der Waals surface area contributed by atoms with E-state index in [9.17, 15) is 4.79 Å². The molecule has 0 atom stereocenters. The molecule has 0 fully saturated rings. The first-order chi connectivity index (χ1) is 2.27. The van der Waals surface area contributed by atoms with Gasteiger partial charge in [-0.15, -0.1) is 0 Å². The topological polar surface area (TPSA) is 17.1 Å². The SMILES string of the molecule is [C]C(=O)C=C.[Co].[Ni]. The minimum Gasteiger partial charge on any atom is -0.294 e. The zero-order valence-corrected chi connectivity index (χ0v) is 5.37. The van der Waals surface area contributed by atoms with Crippen LogP contribution in [0, 0.1) is 6.92 Å². The third-order valence-electron chi connectivity index (χ3n) is 0.185. The van der Waals surface area contributed by atoms with Crippen molar-refractivity contribution >= 4 is 5.78 Å². The molecule has 44 valence electrons. The standard InChI is InChI=1S/C4H3O.Co.Ni/c1-3-4(2)5;;/h3H,1H2;;. The largest absolute Gasteiger partial charge is 0.294 e. The van der Waals surface area contributed by atoms with Crippen molar-refractivity contribution < 1.29 is 38.1 Å². The van der Waals surface area contributed by atoms with E-state index in [-0.39, 0.29) is 33.3 Å². The Balaban J connectivity index is -0.0000000800. The molecule has 0 bridgehead atoms. The van der Waals surface area contributed by atoms with Gasteiger partial charge in [0.2, 0.25) is 0 Å². The van der Waals surface area contributed by atoms with Crippen molar-refractivity contribution in [1.29, 1.82) is 0 Å². The van der Waals surface area contributed by atoms with Gasteiger partial charge < -0.3 is 0 Å². The van der Waals surface area contributed by atoms with E-state index in [2.05, 4.69) is 6.58 Å². The van der Waals surface area contributed by atoms with Gasteiger partial charge in [0.05, 0.1) is 6.92 Å². The van der Waals surface area contributed by atoms with Crippen LogP contribution >= 0.6 is 0 Å². The third-order valence-corrected chi connectivity index (χ3v) is 0.185. The summed E-state index contributed by atoms with van der Waals surface area (Å²) in [7, 11) is 0. The van der Waals surface area contributed by atoms with Gasteiger partial charge in [-0.05, 0) is 6.08 Å². The van der Waals surface area contributed by atoms with E-state index in [1.165, 1.54) is 0 Å². The summed E-state index contributed by atoms with van der Waals surface area (Å²) in [6, 6.07) is 0. The van der Waals surface area contributed by atoms with Gasteiger partial charge >= 0.3 is 0 Å².